The lowest BCUT2D eigenvalue weighted by atomic mass is 10.3. The van der Waals surface area contributed by atoms with Gasteiger partial charge >= 0.3 is 0 Å². The Kier molecular flexibility index (Phi) is 2.08. The predicted molar refractivity (Wildman–Crippen MR) is 62.8 cm³/mol. The topological polar surface area (TPSA) is 76.9 Å². The zero-order valence-electron chi connectivity index (χ0n) is 8.88. The molecule has 0 fully saturated rings. The number of carbonyl (C=O) groups is 1. The van der Waals surface area contributed by atoms with E-state index in [4.69, 9.17) is 0 Å². The summed E-state index contributed by atoms with van der Waals surface area (Å²) in [6.45, 7) is 1.88. The number of pyridine rings is 1. The van der Waals surface area contributed by atoms with Crippen molar-refractivity contribution in [1.82, 2.24) is 19.5 Å². The minimum absolute atomic E-state index is 0.329. The molecule has 0 aliphatic carbocycles. The number of aromatic nitrogens is 3. The SMILES string of the molecule is Cc1cc2cnn(C3=CC(=O)NS3=O)c2cn1. The summed E-state index contributed by atoms with van der Waals surface area (Å²) in [5, 5.41) is 5.35. The first kappa shape index (κ1) is 10.2. The molecule has 86 valence electrons. The fourth-order valence-electron chi connectivity index (χ4n) is 1.69. The van der Waals surface area contributed by atoms with Crippen LogP contribution in [0.3, 0.4) is 0 Å². The first-order valence-electron chi connectivity index (χ1n) is 4.90. The fraction of sp³-hybridized carbons (Fsp3) is 0.100. The van der Waals surface area contributed by atoms with Gasteiger partial charge in [-0.25, -0.2) is 8.89 Å². The second-order valence-corrected chi connectivity index (χ2v) is 4.82. The molecule has 0 spiro atoms. The number of amides is 1. The van der Waals surface area contributed by atoms with Crippen molar-refractivity contribution in [3.05, 3.63) is 30.2 Å². The van der Waals surface area contributed by atoms with Crippen LogP contribution in [0.15, 0.2) is 24.5 Å². The van der Waals surface area contributed by atoms with E-state index in [9.17, 15) is 9.00 Å². The molecule has 1 amide bonds. The van der Waals surface area contributed by atoms with Crippen LogP contribution in [0.5, 0.6) is 0 Å². The Balaban J connectivity index is 2.22. The second-order valence-electron chi connectivity index (χ2n) is 3.66. The van der Waals surface area contributed by atoms with E-state index in [1.54, 1.807) is 12.4 Å². The fourth-order valence-corrected chi connectivity index (χ4v) is 2.55. The number of hydrogen-bond acceptors (Lipinski definition) is 4. The molecule has 6 nitrogen and oxygen atoms in total. The Morgan fingerprint density at radius 3 is 2.94 bits per heavy atom. The maximum atomic E-state index is 11.6. The maximum Gasteiger partial charge on any atom is 0.258 e. The van der Waals surface area contributed by atoms with Crippen molar-refractivity contribution >= 4 is 32.8 Å². The molecule has 1 atom stereocenters. The Morgan fingerprint density at radius 2 is 2.24 bits per heavy atom. The van der Waals surface area contributed by atoms with Gasteiger partial charge in [-0.05, 0) is 13.0 Å². The summed E-state index contributed by atoms with van der Waals surface area (Å²) < 4.78 is 15.4. The van der Waals surface area contributed by atoms with Gasteiger partial charge in [-0.2, -0.15) is 5.10 Å². The molecule has 7 heteroatoms. The van der Waals surface area contributed by atoms with Crippen LogP contribution in [0.4, 0.5) is 0 Å². The Labute approximate surface area is 98.9 Å². The molecule has 0 bridgehead atoms. The summed E-state index contributed by atoms with van der Waals surface area (Å²) in [7, 11) is -1.55. The molecule has 1 aliphatic rings. The molecule has 17 heavy (non-hydrogen) atoms. The summed E-state index contributed by atoms with van der Waals surface area (Å²) in [6.07, 6.45) is 4.59. The minimum atomic E-state index is -1.55. The van der Waals surface area contributed by atoms with E-state index in [2.05, 4.69) is 14.8 Å². The van der Waals surface area contributed by atoms with Crippen molar-refractivity contribution < 1.29 is 9.00 Å². The van der Waals surface area contributed by atoms with Gasteiger partial charge in [0, 0.05) is 17.2 Å². The Morgan fingerprint density at radius 1 is 1.41 bits per heavy atom. The third-order valence-corrected chi connectivity index (χ3v) is 3.49. The highest BCUT2D eigenvalue weighted by atomic mass is 32.2. The van der Waals surface area contributed by atoms with E-state index in [1.165, 1.54) is 10.8 Å². The van der Waals surface area contributed by atoms with Gasteiger partial charge in [0.25, 0.3) is 5.91 Å². The van der Waals surface area contributed by atoms with E-state index < -0.39 is 11.0 Å². The highest BCUT2D eigenvalue weighted by molar-refractivity contribution is 7.93. The van der Waals surface area contributed by atoms with E-state index in [1.807, 2.05) is 13.0 Å². The van der Waals surface area contributed by atoms with E-state index in [-0.39, 0.29) is 5.91 Å². The zero-order chi connectivity index (χ0) is 12.0. The summed E-state index contributed by atoms with van der Waals surface area (Å²) in [4.78, 5) is 15.3. The molecule has 0 radical (unpaired) electrons. The van der Waals surface area contributed by atoms with E-state index in [0.29, 0.717) is 5.03 Å². The Hall–Kier alpha value is -2.02. The van der Waals surface area contributed by atoms with E-state index in [0.717, 1.165) is 16.6 Å². The smallest absolute Gasteiger partial charge is 0.258 e. The van der Waals surface area contributed by atoms with Crippen molar-refractivity contribution in [1.29, 1.82) is 0 Å². The molecule has 3 heterocycles. The van der Waals surface area contributed by atoms with Crippen molar-refractivity contribution in [3.63, 3.8) is 0 Å². The van der Waals surface area contributed by atoms with Crippen LogP contribution < -0.4 is 4.72 Å². The molecule has 1 unspecified atom stereocenters. The first-order chi connectivity index (χ1) is 8.15. The van der Waals surface area contributed by atoms with Gasteiger partial charge in [0.05, 0.1) is 17.9 Å². The molecule has 0 saturated heterocycles. The van der Waals surface area contributed by atoms with Crippen molar-refractivity contribution in [2.45, 2.75) is 6.92 Å². The van der Waals surface area contributed by atoms with Gasteiger partial charge in [-0.15, -0.1) is 0 Å². The van der Waals surface area contributed by atoms with Crippen molar-refractivity contribution in [3.8, 4) is 0 Å². The molecule has 1 aliphatic heterocycles. The highest BCUT2D eigenvalue weighted by Crippen LogP contribution is 2.20. The monoisotopic (exact) mass is 248 g/mol. The molecule has 2 aromatic heterocycles. The van der Waals surface area contributed by atoms with Crippen molar-refractivity contribution in [2.75, 3.05) is 0 Å². The largest absolute Gasteiger partial charge is 0.269 e. The van der Waals surface area contributed by atoms with Gasteiger partial charge in [-0.3, -0.25) is 14.5 Å². The molecule has 0 aromatic carbocycles. The highest BCUT2D eigenvalue weighted by Gasteiger charge is 2.23. The third-order valence-electron chi connectivity index (χ3n) is 2.44. The maximum absolute atomic E-state index is 11.6. The van der Waals surface area contributed by atoms with Crippen LogP contribution in [-0.4, -0.2) is 24.9 Å². The molecule has 1 N–H and O–H groups in total. The van der Waals surface area contributed by atoms with Gasteiger partial charge in [0.2, 0.25) is 0 Å². The van der Waals surface area contributed by atoms with Gasteiger partial charge in [-0.1, -0.05) is 0 Å². The lowest BCUT2D eigenvalue weighted by molar-refractivity contribution is -0.114. The average Bonchev–Trinajstić information content (AvgIpc) is 2.81. The van der Waals surface area contributed by atoms with Crippen LogP contribution in [0, 0.1) is 6.92 Å². The zero-order valence-corrected chi connectivity index (χ0v) is 9.69. The second kappa shape index (κ2) is 3.49. The molecule has 0 saturated carbocycles. The van der Waals surface area contributed by atoms with Gasteiger partial charge < -0.3 is 0 Å². The number of rotatable bonds is 1. The van der Waals surface area contributed by atoms with Gasteiger partial charge in [0.1, 0.15) is 0 Å². The standard InChI is InChI=1S/C10H8N4O2S/c1-6-2-7-4-12-14(8(7)5-11-6)10-3-9(15)13-17(10)16/h2-5H,1H3,(H,13,15). The number of aryl methyl sites for hydroxylation is 1. The lowest BCUT2D eigenvalue weighted by Gasteiger charge is -2.02. The average molecular weight is 248 g/mol. The van der Waals surface area contributed by atoms with Crippen LogP contribution in [0.1, 0.15) is 5.69 Å². The van der Waals surface area contributed by atoms with Gasteiger partial charge in [0.15, 0.2) is 16.0 Å². The minimum Gasteiger partial charge on any atom is -0.269 e. The normalized spacial score (nSPS) is 19.5. The first-order valence-corrected chi connectivity index (χ1v) is 6.05. The summed E-state index contributed by atoms with van der Waals surface area (Å²) in [5.74, 6) is -0.373. The molecule has 2 aromatic rings. The summed E-state index contributed by atoms with van der Waals surface area (Å²) >= 11 is 0. The molecular weight excluding hydrogens is 240 g/mol. The number of nitrogens with zero attached hydrogens (tertiary/aromatic N) is 3. The molecular formula is C10H8N4O2S. The van der Waals surface area contributed by atoms with Crippen LogP contribution in [-0.2, 0) is 15.8 Å². The van der Waals surface area contributed by atoms with Crippen molar-refractivity contribution in [2.24, 2.45) is 0 Å². The van der Waals surface area contributed by atoms with E-state index >= 15 is 0 Å². The number of hydrogen-bond donors (Lipinski definition) is 1. The third kappa shape index (κ3) is 1.55. The van der Waals surface area contributed by atoms with Crippen LogP contribution in [0.2, 0.25) is 0 Å². The number of nitrogens with one attached hydrogen (secondary N) is 1. The lowest BCUT2D eigenvalue weighted by Crippen LogP contribution is -2.17. The summed E-state index contributed by atoms with van der Waals surface area (Å²) in [5.41, 5.74) is 1.61. The van der Waals surface area contributed by atoms with Crippen LogP contribution in [0.25, 0.3) is 15.9 Å². The number of carbonyl (C=O) groups excluding carboxylic acids is 1. The number of fused-ring (bicyclic) bond motifs is 1. The van der Waals surface area contributed by atoms with Crippen LogP contribution >= 0.6 is 0 Å². The summed E-state index contributed by atoms with van der Waals surface area (Å²) in [6, 6.07) is 1.88. The predicted octanol–water partition coefficient (Wildman–Crippen LogP) is 0.332. The quantitative estimate of drug-likeness (QED) is 0.789. The molecule has 3 rings (SSSR count). The Bertz CT molecular complexity index is 689.